The second-order valence-corrected chi connectivity index (χ2v) is 12.3. The smallest absolute Gasteiger partial charge is 0.341 e. The summed E-state index contributed by atoms with van der Waals surface area (Å²) in [4.78, 5) is 36.5. The summed E-state index contributed by atoms with van der Waals surface area (Å²) in [5, 5.41) is 18.5. The van der Waals surface area contributed by atoms with Crippen molar-refractivity contribution in [2.75, 3.05) is 13.2 Å². The van der Waals surface area contributed by atoms with Crippen LogP contribution in [-0.2, 0) is 19.1 Å². The van der Waals surface area contributed by atoms with Crippen molar-refractivity contribution < 1.29 is 38.8 Å². The quantitative estimate of drug-likeness (QED) is 0.174. The van der Waals surface area contributed by atoms with E-state index in [1.54, 1.807) is 18.2 Å². The van der Waals surface area contributed by atoms with Crippen LogP contribution in [0, 0.1) is 17.8 Å². The van der Waals surface area contributed by atoms with Gasteiger partial charge < -0.3 is 24.4 Å². The zero-order chi connectivity index (χ0) is 31.8. The van der Waals surface area contributed by atoms with Crippen molar-refractivity contribution in [1.29, 1.82) is 0 Å². The zero-order valence-corrected chi connectivity index (χ0v) is 25.8. The SMILES string of the molecule is C=C(CO)C(=O)Oc1ccc(-c2ccc(OC(=O)C(=C)CO)c(C3CCC(C4CCC(OC(=O)C(C)C)CC4)CC3)c2)cc1. The van der Waals surface area contributed by atoms with E-state index in [0.717, 1.165) is 68.1 Å². The van der Waals surface area contributed by atoms with Gasteiger partial charge in [-0.3, -0.25) is 4.79 Å². The topological polar surface area (TPSA) is 119 Å². The van der Waals surface area contributed by atoms with Crippen LogP contribution < -0.4 is 9.47 Å². The molecule has 2 saturated carbocycles. The summed E-state index contributed by atoms with van der Waals surface area (Å²) < 4.78 is 16.7. The fourth-order valence-corrected chi connectivity index (χ4v) is 6.22. The molecule has 2 aliphatic rings. The number of esters is 3. The largest absolute Gasteiger partial charge is 0.462 e. The summed E-state index contributed by atoms with van der Waals surface area (Å²) in [5.41, 5.74) is 2.73. The van der Waals surface area contributed by atoms with Gasteiger partial charge in [-0.2, -0.15) is 0 Å². The normalized spacial score (nSPS) is 21.8. The van der Waals surface area contributed by atoms with Crippen LogP contribution in [0.4, 0.5) is 0 Å². The van der Waals surface area contributed by atoms with Crippen LogP contribution in [0.1, 0.15) is 76.7 Å². The van der Waals surface area contributed by atoms with Crippen LogP contribution in [0.15, 0.2) is 66.8 Å². The third-order valence-electron chi connectivity index (χ3n) is 8.92. The van der Waals surface area contributed by atoms with Crippen LogP contribution in [0.2, 0.25) is 0 Å². The maximum atomic E-state index is 12.5. The molecule has 0 heterocycles. The van der Waals surface area contributed by atoms with E-state index in [1.807, 2.05) is 32.0 Å². The Morgan fingerprint density at radius 1 is 0.750 bits per heavy atom. The predicted molar refractivity (Wildman–Crippen MR) is 167 cm³/mol. The van der Waals surface area contributed by atoms with Crippen LogP contribution in [0.5, 0.6) is 11.5 Å². The fraction of sp³-hybridized carbons (Fsp3) is 0.472. The molecule has 0 saturated heterocycles. The Kier molecular flexibility index (Phi) is 11.5. The van der Waals surface area contributed by atoms with Gasteiger partial charge in [-0.15, -0.1) is 0 Å². The highest BCUT2D eigenvalue weighted by Gasteiger charge is 2.33. The molecule has 2 aromatic carbocycles. The first-order chi connectivity index (χ1) is 21.1. The van der Waals surface area contributed by atoms with Crippen molar-refractivity contribution in [2.24, 2.45) is 17.8 Å². The van der Waals surface area contributed by atoms with Gasteiger partial charge in [0.1, 0.15) is 17.6 Å². The van der Waals surface area contributed by atoms with Gasteiger partial charge in [0.25, 0.3) is 0 Å². The lowest BCUT2D eigenvalue weighted by Crippen LogP contribution is -2.30. The molecule has 0 radical (unpaired) electrons. The lowest BCUT2D eigenvalue weighted by Gasteiger charge is -2.38. The Labute approximate surface area is 259 Å². The Hall–Kier alpha value is -3.75. The molecular formula is C36H44O8. The van der Waals surface area contributed by atoms with Gasteiger partial charge >= 0.3 is 17.9 Å². The van der Waals surface area contributed by atoms with Crippen LogP contribution in [0.25, 0.3) is 11.1 Å². The van der Waals surface area contributed by atoms with Crippen LogP contribution >= 0.6 is 0 Å². The van der Waals surface area contributed by atoms with E-state index < -0.39 is 25.2 Å². The molecule has 0 aliphatic heterocycles. The lowest BCUT2D eigenvalue weighted by molar-refractivity contribution is -0.155. The van der Waals surface area contributed by atoms with Gasteiger partial charge in [0.05, 0.1) is 30.3 Å². The van der Waals surface area contributed by atoms with Gasteiger partial charge in [0.2, 0.25) is 0 Å². The number of ether oxygens (including phenoxy) is 3. The molecule has 0 unspecified atom stereocenters. The van der Waals surface area contributed by atoms with Crippen LogP contribution in [-0.4, -0.2) is 47.4 Å². The minimum Gasteiger partial charge on any atom is -0.462 e. The molecule has 2 fully saturated rings. The molecule has 0 atom stereocenters. The number of carbonyl (C=O) groups is 3. The molecule has 0 spiro atoms. The Morgan fingerprint density at radius 2 is 1.27 bits per heavy atom. The van der Waals surface area contributed by atoms with E-state index in [0.29, 0.717) is 23.3 Å². The molecule has 2 aromatic rings. The van der Waals surface area contributed by atoms with Crippen molar-refractivity contribution in [3.63, 3.8) is 0 Å². The van der Waals surface area contributed by atoms with Gasteiger partial charge in [-0.1, -0.05) is 45.2 Å². The number of carbonyl (C=O) groups excluding carboxylic acids is 3. The standard InChI is InChI=1S/C36H44O8/c1-22(2)34(39)42-30-14-9-26(10-15-30)25-5-7-28(8-6-25)32-19-29(13-18-33(32)44-36(41)24(4)21-38)27-11-16-31(17-12-27)43-35(40)23(3)20-37/h11-13,16-19,22,25-26,28,30,37-38H,3-10,14-15,20-21H2,1-2H3. The first-order valence-electron chi connectivity index (χ1n) is 15.6. The van der Waals surface area contributed by atoms with Gasteiger partial charge in [0.15, 0.2) is 0 Å². The molecule has 8 nitrogen and oxygen atoms in total. The molecule has 4 rings (SSSR count). The maximum absolute atomic E-state index is 12.5. The predicted octanol–water partition coefficient (Wildman–Crippen LogP) is 6.29. The number of aliphatic hydroxyl groups is 2. The summed E-state index contributed by atoms with van der Waals surface area (Å²) in [6.45, 7) is 9.88. The molecular weight excluding hydrogens is 560 g/mol. The minimum atomic E-state index is -0.684. The highest BCUT2D eigenvalue weighted by atomic mass is 16.5. The molecule has 236 valence electrons. The van der Waals surface area contributed by atoms with Crippen molar-refractivity contribution >= 4 is 17.9 Å². The highest BCUT2D eigenvalue weighted by Crippen LogP contribution is 2.46. The van der Waals surface area contributed by atoms with Crippen molar-refractivity contribution in [1.82, 2.24) is 0 Å². The summed E-state index contributed by atoms with van der Waals surface area (Å²) in [6, 6.07) is 12.8. The molecule has 44 heavy (non-hydrogen) atoms. The van der Waals surface area contributed by atoms with Crippen molar-refractivity contribution in [3.8, 4) is 22.6 Å². The average molecular weight is 605 g/mol. The molecule has 2 aliphatic carbocycles. The molecule has 0 amide bonds. The number of hydrogen-bond donors (Lipinski definition) is 2. The Morgan fingerprint density at radius 3 is 1.82 bits per heavy atom. The third kappa shape index (κ3) is 8.45. The van der Waals surface area contributed by atoms with Gasteiger partial charge in [0, 0.05) is 0 Å². The Balaban J connectivity index is 1.46. The van der Waals surface area contributed by atoms with Gasteiger partial charge in [-0.25, -0.2) is 9.59 Å². The Bertz CT molecular complexity index is 1340. The summed E-state index contributed by atoms with van der Waals surface area (Å²) in [5.74, 6) is 0.705. The maximum Gasteiger partial charge on any atom is 0.341 e. The van der Waals surface area contributed by atoms with E-state index in [4.69, 9.17) is 19.3 Å². The van der Waals surface area contributed by atoms with E-state index in [1.165, 1.54) is 0 Å². The number of aliphatic hydroxyl groups excluding tert-OH is 2. The molecule has 8 heteroatoms. The van der Waals surface area contributed by atoms with Crippen LogP contribution in [0.3, 0.4) is 0 Å². The monoisotopic (exact) mass is 604 g/mol. The summed E-state index contributed by atoms with van der Waals surface area (Å²) in [7, 11) is 0. The first kappa shape index (κ1) is 33.1. The van der Waals surface area contributed by atoms with Gasteiger partial charge in [-0.05, 0) is 110 Å². The second kappa shape index (κ2) is 15.3. The third-order valence-corrected chi connectivity index (χ3v) is 8.92. The lowest BCUT2D eigenvalue weighted by atomic mass is 9.69. The second-order valence-electron chi connectivity index (χ2n) is 12.3. The average Bonchev–Trinajstić information content (AvgIpc) is 3.04. The number of benzene rings is 2. The van der Waals surface area contributed by atoms with Crippen molar-refractivity contribution in [3.05, 3.63) is 72.3 Å². The zero-order valence-electron chi connectivity index (χ0n) is 25.8. The minimum absolute atomic E-state index is 0.00701. The first-order valence-corrected chi connectivity index (χ1v) is 15.6. The van der Waals surface area contributed by atoms with E-state index in [-0.39, 0.29) is 35.1 Å². The van der Waals surface area contributed by atoms with E-state index in [2.05, 4.69) is 19.2 Å². The summed E-state index contributed by atoms with van der Waals surface area (Å²) >= 11 is 0. The van der Waals surface area contributed by atoms with E-state index >= 15 is 0 Å². The number of hydrogen-bond acceptors (Lipinski definition) is 8. The highest BCUT2D eigenvalue weighted by molar-refractivity contribution is 5.90. The van der Waals surface area contributed by atoms with E-state index in [9.17, 15) is 19.5 Å². The number of rotatable bonds is 11. The molecule has 0 bridgehead atoms. The fourth-order valence-electron chi connectivity index (χ4n) is 6.22. The summed E-state index contributed by atoms with van der Waals surface area (Å²) in [6.07, 6.45) is 8.11. The molecule has 2 N–H and O–H groups in total. The van der Waals surface area contributed by atoms with Crippen molar-refractivity contribution in [2.45, 2.75) is 77.2 Å². The molecule has 0 aromatic heterocycles.